The standard InChI is InChI=1S/C15H20Cl2O/c1-10-3-4-11(2)15(18,8-10)9-12-7-13(16)5-6-14(12)17/h5-7,10-11,18H,3-4,8-9H2,1-2H3. The number of hydrogen-bond donors (Lipinski definition) is 1. The Bertz CT molecular complexity index is 433. The summed E-state index contributed by atoms with van der Waals surface area (Å²) in [5.74, 6) is 0.882. The Labute approximate surface area is 119 Å². The van der Waals surface area contributed by atoms with Crippen LogP contribution in [0.5, 0.6) is 0 Å². The second-order valence-corrected chi connectivity index (χ2v) is 6.65. The van der Waals surface area contributed by atoms with E-state index in [0.29, 0.717) is 28.3 Å². The minimum absolute atomic E-state index is 0.309. The Morgan fingerprint density at radius 1 is 1.28 bits per heavy atom. The Morgan fingerprint density at radius 3 is 2.72 bits per heavy atom. The van der Waals surface area contributed by atoms with Gasteiger partial charge in [-0.15, -0.1) is 0 Å². The molecule has 3 atom stereocenters. The lowest BCUT2D eigenvalue weighted by Crippen LogP contribution is -2.43. The number of halogens is 2. The summed E-state index contributed by atoms with van der Waals surface area (Å²) in [6, 6.07) is 5.46. The van der Waals surface area contributed by atoms with Gasteiger partial charge in [0.15, 0.2) is 0 Å². The van der Waals surface area contributed by atoms with Crippen molar-refractivity contribution in [3.63, 3.8) is 0 Å². The molecule has 0 heterocycles. The SMILES string of the molecule is CC1CCC(C)C(O)(Cc2cc(Cl)ccc2Cl)C1. The third-order valence-corrected chi connectivity index (χ3v) is 4.82. The molecule has 3 heteroatoms. The van der Waals surface area contributed by atoms with Crippen LogP contribution in [0.3, 0.4) is 0 Å². The maximum atomic E-state index is 10.9. The highest BCUT2D eigenvalue weighted by Crippen LogP contribution is 2.40. The Kier molecular flexibility index (Phi) is 4.25. The van der Waals surface area contributed by atoms with Gasteiger partial charge < -0.3 is 5.11 Å². The lowest BCUT2D eigenvalue weighted by molar-refractivity contribution is -0.0560. The zero-order valence-electron chi connectivity index (χ0n) is 10.9. The fourth-order valence-corrected chi connectivity index (χ4v) is 3.34. The molecule has 1 aromatic carbocycles. The van der Waals surface area contributed by atoms with Crippen LogP contribution in [0.15, 0.2) is 18.2 Å². The van der Waals surface area contributed by atoms with Gasteiger partial charge in [-0.05, 0) is 48.4 Å². The van der Waals surface area contributed by atoms with E-state index in [1.54, 1.807) is 12.1 Å². The molecule has 0 amide bonds. The Morgan fingerprint density at radius 2 is 2.00 bits per heavy atom. The largest absolute Gasteiger partial charge is 0.389 e. The third kappa shape index (κ3) is 3.01. The third-order valence-electron chi connectivity index (χ3n) is 4.22. The van der Waals surface area contributed by atoms with E-state index in [2.05, 4.69) is 13.8 Å². The highest BCUT2D eigenvalue weighted by Gasteiger charge is 2.39. The Balaban J connectivity index is 2.23. The first-order chi connectivity index (χ1) is 8.40. The van der Waals surface area contributed by atoms with E-state index in [1.165, 1.54) is 6.42 Å². The Hall–Kier alpha value is -0.240. The van der Waals surface area contributed by atoms with Crippen LogP contribution in [0.2, 0.25) is 10.0 Å². The van der Waals surface area contributed by atoms with Crippen LogP contribution < -0.4 is 0 Å². The van der Waals surface area contributed by atoms with Gasteiger partial charge in [0.25, 0.3) is 0 Å². The van der Waals surface area contributed by atoms with Crippen LogP contribution in [0, 0.1) is 11.8 Å². The van der Waals surface area contributed by atoms with Gasteiger partial charge in [0.2, 0.25) is 0 Å². The molecule has 0 saturated heterocycles. The van der Waals surface area contributed by atoms with E-state index >= 15 is 0 Å². The zero-order valence-corrected chi connectivity index (χ0v) is 12.4. The fraction of sp³-hybridized carbons (Fsp3) is 0.600. The summed E-state index contributed by atoms with van der Waals surface area (Å²) in [5, 5.41) is 12.2. The van der Waals surface area contributed by atoms with Gasteiger partial charge in [0.1, 0.15) is 0 Å². The van der Waals surface area contributed by atoms with Gasteiger partial charge in [0, 0.05) is 16.5 Å². The first-order valence-corrected chi connectivity index (χ1v) is 7.32. The molecule has 0 aromatic heterocycles. The summed E-state index contributed by atoms with van der Waals surface area (Å²) in [7, 11) is 0. The average Bonchev–Trinajstić information content (AvgIpc) is 2.29. The molecule has 1 N–H and O–H groups in total. The van der Waals surface area contributed by atoms with E-state index in [1.807, 2.05) is 6.07 Å². The maximum Gasteiger partial charge on any atom is 0.0716 e. The van der Waals surface area contributed by atoms with Gasteiger partial charge in [0.05, 0.1) is 5.60 Å². The molecular formula is C15H20Cl2O. The monoisotopic (exact) mass is 286 g/mol. The zero-order chi connectivity index (χ0) is 13.3. The second kappa shape index (κ2) is 5.40. The van der Waals surface area contributed by atoms with Gasteiger partial charge in [-0.1, -0.05) is 43.5 Å². The van der Waals surface area contributed by atoms with Gasteiger partial charge in [-0.2, -0.15) is 0 Å². The smallest absolute Gasteiger partial charge is 0.0716 e. The second-order valence-electron chi connectivity index (χ2n) is 5.80. The van der Waals surface area contributed by atoms with Crippen molar-refractivity contribution < 1.29 is 5.11 Å². The summed E-state index contributed by atoms with van der Waals surface area (Å²) < 4.78 is 0. The molecule has 1 aromatic rings. The molecule has 18 heavy (non-hydrogen) atoms. The molecule has 1 nitrogen and oxygen atoms in total. The maximum absolute atomic E-state index is 10.9. The number of benzene rings is 1. The molecule has 3 unspecified atom stereocenters. The minimum atomic E-state index is -0.647. The van der Waals surface area contributed by atoms with Crippen LogP contribution in [0.4, 0.5) is 0 Å². The quantitative estimate of drug-likeness (QED) is 0.834. The van der Waals surface area contributed by atoms with Gasteiger partial charge in [-0.3, -0.25) is 0 Å². The molecule has 1 aliphatic rings. The van der Waals surface area contributed by atoms with Crippen molar-refractivity contribution in [2.24, 2.45) is 11.8 Å². The van der Waals surface area contributed by atoms with Crippen LogP contribution in [0.1, 0.15) is 38.7 Å². The summed E-state index contributed by atoms with van der Waals surface area (Å²) in [5.41, 5.74) is 0.305. The molecule has 1 saturated carbocycles. The van der Waals surface area contributed by atoms with Crippen molar-refractivity contribution in [1.29, 1.82) is 0 Å². The topological polar surface area (TPSA) is 20.2 Å². The lowest BCUT2D eigenvalue weighted by atomic mass is 9.69. The highest BCUT2D eigenvalue weighted by molar-refractivity contribution is 6.33. The average molecular weight is 287 g/mol. The molecule has 0 radical (unpaired) electrons. The molecule has 100 valence electrons. The number of hydrogen-bond acceptors (Lipinski definition) is 1. The van der Waals surface area contributed by atoms with Crippen LogP contribution in [-0.4, -0.2) is 10.7 Å². The first-order valence-electron chi connectivity index (χ1n) is 6.57. The van der Waals surface area contributed by atoms with Crippen molar-refractivity contribution in [1.82, 2.24) is 0 Å². The molecule has 2 rings (SSSR count). The van der Waals surface area contributed by atoms with Crippen molar-refractivity contribution in [2.75, 3.05) is 0 Å². The molecule has 1 fully saturated rings. The summed E-state index contributed by atoms with van der Waals surface area (Å²) in [6.45, 7) is 4.33. The van der Waals surface area contributed by atoms with E-state index in [-0.39, 0.29) is 0 Å². The number of aliphatic hydroxyl groups is 1. The van der Waals surface area contributed by atoms with E-state index in [9.17, 15) is 5.11 Å². The summed E-state index contributed by atoms with van der Waals surface area (Å²) in [6.07, 6.45) is 3.72. The van der Waals surface area contributed by atoms with Gasteiger partial charge >= 0.3 is 0 Å². The normalized spacial score (nSPS) is 32.5. The fourth-order valence-electron chi connectivity index (χ4n) is 2.96. The predicted octanol–water partition coefficient (Wildman–Crippen LogP) is 4.72. The summed E-state index contributed by atoms with van der Waals surface area (Å²) >= 11 is 12.2. The predicted molar refractivity (Wildman–Crippen MR) is 77.3 cm³/mol. The van der Waals surface area contributed by atoms with E-state index < -0.39 is 5.60 Å². The highest BCUT2D eigenvalue weighted by atomic mass is 35.5. The number of rotatable bonds is 2. The van der Waals surface area contributed by atoms with Crippen molar-refractivity contribution in [2.45, 2.75) is 45.1 Å². The van der Waals surface area contributed by atoms with Crippen molar-refractivity contribution >= 4 is 23.2 Å². The van der Waals surface area contributed by atoms with Gasteiger partial charge in [-0.25, -0.2) is 0 Å². The van der Waals surface area contributed by atoms with Crippen molar-refractivity contribution in [3.05, 3.63) is 33.8 Å². The molecule has 0 aliphatic heterocycles. The molecule has 0 spiro atoms. The molecule has 0 bridgehead atoms. The van der Waals surface area contributed by atoms with E-state index in [4.69, 9.17) is 23.2 Å². The van der Waals surface area contributed by atoms with Crippen LogP contribution in [0.25, 0.3) is 0 Å². The summed E-state index contributed by atoms with van der Waals surface area (Å²) in [4.78, 5) is 0. The molecule has 1 aliphatic carbocycles. The van der Waals surface area contributed by atoms with Crippen LogP contribution in [-0.2, 0) is 6.42 Å². The first kappa shape index (κ1) is 14.2. The van der Waals surface area contributed by atoms with Crippen LogP contribution >= 0.6 is 23.2 Å². The van der Waals surface area contributed by atoms with E-state index in [0.717, 1.165) is 18.4 Å². The minimum Gasteiger partial charge on any atom is -0.389 e. The molecular weight excluding hydrogens is 267 g/mol. The lowest BCUT2D eigenvalue weighted by Gasteiger charge is -2.41. The van der Waals surface area contributed by atoms with Crippen molar-refractivity contribution in [3.8, 4) is 0 Å².